The maximum atomic E-state index is 12.2. The lowest BCUT2D eigenvalue weighted by Gasteiger charge is -2.20. The molecule has 4 rings (SSSR count). The van der Waals surface area contributed by atoms with Gasteiger partial charge in [0.05, 0.1) is 6.04 Å². The molecule has 1 amide bonds. The monoisotopic (exact) mass is 291 g/mol. The molecule has 0 unspecified atom stereocenters. The molecule has 2 saturated carbocycles. The Morgan fingerprint density at radius 1 is 0.864 bits per heavy atom. The minimum absolute atomic E-state index is 0.0393. The van der Waals surface area contributed by atoms with Gasteiger partial charge in [0.15, 0.2) is 0 Å². The molecular formula is C20H21NO. The number of amides is 1. The standard InChI is InChI=1S/C20H21NO/c22-20(18-12-13-18)21-19(16-4-2-1-3-5-16)17-10-8-15(9-11-17)14-6-7-14/h1-5,8-11,14,18-19H,6-7,12-13H2,(H,21,22)/t19-/m0/s1. The van der Waals surface area contributed by atoms with E-state index in [0.29, 0.717) is 0 Å². The van der Waals surface area contributed by atoms with Crippen molar-refractivity contribution in [3.05, 3.63) is 71.3 Å². The van der Waals surface area contributed by atoms with Gasteiger partial charge in [-0.15, -0.1) is 0 Å². The van der Waals surface area contributed by atoms with E-state index >= 15 is 0 Å². The van der Waals surface area contributed by atoms with Gasteiger partial charge in [-0.25, -0.2) is 0 Å². The first-order chi connectivity index (χ1) is 10.8. The second kappa shape index (κ2) is 5.60. The van der Waals surface area contributed by atoms with Crippen LogP contribution in [0.5, 0.6) is 0 Å². The van der Waals surface area contributed by atoms with E-state index in [4.69, 9.17) is 0 Å². The molecule has 2 aliphatic carbocycles. The van der Waals surface area contributed by atoms with Crippen molar-refractivity contribution in [1.29, 1.82) is 0 Å². The first kappa shape index (κ1) is 13.6. The second-order valence-corrected chi connectivity index (χ2v) is 6.57. The lowest BCUT2D eigenvalue weighted by molar-refractivity contribution is -0.122. The van der Waals surface area contributed by atoms with Gasteiger partial charge in [0.2, 0.25) is 5.91 Å². The molecule has 1 N–H and O–H groups in total. The summed E-state index contributed by atoms with van der Waals surface area (Å²) in [4.78, 5) is 12.2. The molecule has 2 fully saturated rings. The number of carbonyl (C=O) groups excluding carboxylic acids is 1. The van der Waals surface area contributed by atoms with E-state index in [1.807, 2.05) is 18.2 Å². The number of hydrogen-bond donors (Lipinski definition) is 1. The Morgan fingerprint density at radius 3 is 2.09 bits per heavy atom. The van der Waals surface area contributed by atoms with E-state index in [9.17, 15) is 4.79 Å². The van der Waals surface area contributed by atoms with Crippen LogP contribution in [-0.2, 0) is 4.79 Å². The summed E-state index contributed by atoms with van der Waals surface area (Å²) in [5, 5.41) is 3.24. The molecule has 22 heavy (non-hydrogen) atoms. The van der Waals surface area contributed by atoms with E-state index in [2.05, 4.69) is 41.7 Å². The number of benzene rings is 2. The molecule has 2 aromatic carbocycles. The smallest absolute Gasteiger partial charge is 0.223 e. The summed E-state index contributed by atoms with van der Waals surface area (Å²) >= 11 is 0. The quantitative estimate of drug-likeness (QED) is 0.879. The van der Waals surface area contributed by atoms with Crippen LogP contribution in [0.4, 0.5) is 0 Å². The van der Waals surface area contributed by atoms with Crippen molar-refractivity contribution in [3.63, 3.8) is 0 Å². The highest BCUT2D eigenvalue weighted by atomic mass is 16.2. The van der Waals surface area contributed by atoms with Crippen LogP contribution in [0.3, 0.4) is 0 Å². The van der Waals surface area contributed by atoms with Crippen LogP contribution in [0, 0.1) is 5.92 Å². The number of rotatable bonds is 5. The van der Waals surface area contributed by atoms with Crippen molar-refractivity contribution >= 4 is 5.91 Å². The zero-order valence-corrected chi connectivity index (χ0v) is 12.7. The lowest BCUT2D eigenvalue weighted by atomic mass is 9.96. The SMILES string of the molecule is O=C(N[C@@H](c1ccccc1)c1ccc(C2CC2)cc1)C1CC1. The Kier molecular flexibility index (Phi) is 3.45. The van der Waals surface area contributed by atoms with Crippen molar-refractivity contribution in [2.75, 3.05) is 0 Å². The van der Waals surface area contributed by atoms with Crippen molar-refractivity contribution in [3.8, 4) is 0 Å². The Morgan fingerprint density at radius 2 is 1.50 bits per heavy atom. The zero-order chi connectivity index (χ0) is 14.9. The van der Waals surface area contributed by atoms with Crippen LogP contribution < -0.4 is 5.32 Å². The van der Waals surface area contributed by atoms with Gasteiger partial charge in [-0.05, 0) is 48.3 Å². The van der Waals surface area contributed by atoms with Gasteiger partial charge in [-0.3, -0.25) is 4.79 Å². The fraction of sp³-hybridized carbons (Fsp3) is 0.350. The first-order valence-corrected chi connectivity index (χ1v) is 8.26. The van der Waals surface area contributed by atoms with E-state index in [-0.39, 0.29) is 17.9 Å². The normalized spacial score (nSPS) is 18.7. The number of nitrogens with one attached hydrogen (secondary N) is 1. The summed E-state index contributed by atoms with van der Waals surface area (Å²) in [5.74, 6) is 1.20. The fourth-order valence-electron chi connectivity index (χ4n) is 2.99. The molecule has 112 valence electrons. The topological polar surface area (TPSA) is 29.1 Å². The molecule has 0 bridgehead atoms. The number of carbonyl (C=O) groups is 1. The van der Waals surface area contributed by atoms with Gasteiger partial charge in [-0.2, -0.15) is 0 Å². The van der Waals surface area contributed by atoms with Crippen molar-refractivity contribution < 1.29 is 4.79 Å². The molecule has 2 nitrogen and oxygen atoms in total. The second-order valence-electron chi connectivity index (χ2n) is 6.57. The third kappa shape index (κ3) is 2.92. The average molecular weight is 291 g/mol. The van der Waals surface area contributed by atoms with Crippen molar-refractivity contribution in [2.24, 2.45) is 5.92 Å². The van der Waals surface area contributed by atoms with Gasteiger partial charge >= 0.3 is 0 Å². The molecule has 2 aromatic rings. The van der Waals surface area contributed by atoms with Crippen LogP contribution in [-0.4, -0.2) is 5.91 Å². The summed E-state index contributed by atoms with van der Waals surface area (Å²) in [6, 6.07) is 19.0. The van der Waals surface area contributed by atoms with Gasteiger partial charge in [0.1, 0.15) is 0 Å². The molecular weight excluding hydrogens is 270 g/mol. The van der Waals surface area contributed by atoms with Gasteiger partial charge in [-0.1, -0.05) is 54.6 Å². The Labute approximate surface area is 131 Å². The zero-order valence-electron chi connectivity index (χ0n) is 12.7. The van der Waals surface area contributed by atoms with E-state index < -0.39 is 0 Å². The molecule has 0 aliphatic heterocycles. The van der Waals surface area contributed by atoms with Crippen LogP contribution in [0.2, 0.25) is 0 Å². The Bertz CT molecular complexity index is 654. The third-order valence-corrected chi connectivity index (χ3v) is 4.69. The van der Waals surface area contributed by atoms with Crippen LogP contribution in [0.25, 0.3) is 0 Å². The molecule has 0 spiro atoms. The van der Waals surface area contributed by atoms with Crippen molar-refractivity contribution in [1.82, 2.24) is 5.32 Å². The lowest BCUT2D eigenvalue weighted by Crippen LogP contribution is -2.30. The molecule has 2 aliphatic rings. The average Bonchev–Trinajstić information content (AvgIpc) is 3.45. The first-order valence-electron chi connectivity index (χ1n) is 8.26. The van der Waals surface area contributed by atoms with Crippen LogP contribution in [0.1, 0.15) is 54.3 Å². The van der Waals surface area contributed by atoms with E-state index in [1.54, 1.807) is 0 Å². The summed E-state index contributed by atoms with van der Waals surface area (Å²) < 4.78 is 0. The minimum atomic E-state index is -0.0393. The highest BCUT2D eigenvalue weighted by Crippen LogP contribution is 2.40. The number of hydrogen-bond acceptors (Lipinski definition) is 1. The fourth-order valence-corrected chi connectivity index (χ4v) is 2.99. The summed E-state index contributed by atoms with van der Waals surface area (Å²) in [5.41, 5.74) is 3.75. The molecule has 1 atom stereocenters. The van der Waals surface area contributed by atoms with Gasteiger partial charge < -0.3 is 5.32 Å². The summed E-state index contributed by atoms with van der Waals surface area (Å²) in [7, 11) is 0. The predicted molar refractivity (Wildman–Crippen MR) is 87.6 cm³/mol. The van der Waals surface area contributed by atoms with Crippen molar-refractivity contribution in [2.45, 2.75) is 37.6 Å². The summed E-state index contributed by atoms with van der Waals surface area (Å²) in [6.07, 6.45) is 4.71. The van der Waals surface area contributed by atoms with Gasteiger partial charge in [0.25, 0.3) is 0 Å². The minimum Gasteiger partial charge on any atom is -0.345 e. The van der Waals surface area contributed by atoms with E-state index in [1.165, 1.54) is 24.0 Å². The highest BCUT2D eigenvalue weighted by molar-refractivity contribution is 5.81. The maximum absolute atomic E-state index is 12.2. The Balaban J connectivity index is 1.61. The summed E-state index contributed by atoms with van der Waals surface area (Å²) in [6.45, 7) is 0. The predicted octanol–water partition coefficient (Wildman–Crippen LogP) is 4.18. The molecule has 0 saturated heterocycles. The molecule has 0 aromatic heterocycles. The molecule has 0 radical (unpaired) electrons. The highest BCUT2D eigenvalue weighted by Gasteiger charge is 2.31. The maximum Gasteiger partial charge on any atom is 0.223 e. The Hall–Kier alpha value is -2.09. The van der Waals surface area contributed by atoms with E-state index in [0.717, 1.165) is 24.3 Å². The molecule has 2 heteroatoms. The third-order valence-electron chi connectivity index (χ3n) is 4.69. The van der Waals surface area contributed by atoms with Crippen LogP contribution >= 0.6 is 0 Å². The molecule has 0 heterocycles. The van der Waals surface area contributed by atoms with Gasteiger partial charge in [0, 0.05) is 5.92 Å². The van der Waals surface area contributed by atoms with Crippen LogP contribution in [0.15, 0.2) is 54.6 Å². The largest absolute Gasteiger partial charge is 0.345 e.